The number of carbonyl (C=O) groups is 2. The number of carbonyl (C=O) groups excluding carboxylic acids is 2. The third kappa shape index (κ3) is 7.15. The monoisotopic (exact) mass is 427 g/mol. The summed E-state index contributed by atoms with van der Waals surface area (Å²) >= 11 is 5.83. The molecule has 0 aliphatic carbocycles. The molecule has 5 nitrogen and oxygen atoms in total. The predicted molar refractivity (Wildman–Crippen MR) is 120 cm³/mol. The molecule has 30 heavy (non-hydrogen) atoms. The number of piperidine rings is 1. The van der Waals surface area contributed by atoms with Gasteiger partial charge in [0.25, 0.3) is 5.91 Å². The molecule has 1 aliphatic heterocycles. The molecular weight excluding hydrogens is 398 g/mol. The minimum Gasteiger partial charge on any atom is -0.352 e. The molecule has 3 rings (SSSR count). The molecule has 2 aromatic carbocycles. The molecule has 0 spiro atoms. The lowest BCUT2D eigenvalue weighted by Crippen LogP contribution is -2.30. The fourth-order valence-corrected chi connectivity index (χ4v) is 3.80. The van der Waals surface area contributed by atoms with Crippen LogP contribution in [0.4, 0.5) is 0 Å². The van der Waals surface area contributed by atoms with Gasteiger partial charge in [-0.25, -0.2) is 0 Å². The molecule has 2 amide bonds. The first-order chi connectivity index (χ1) is 14.6. The van der Waals surface area contributed by atoms with Gasteiger partial charge in [-0.15, -0.1) is 0 Å². The van der Waals surface area contributed by atoms with Crippen molar-refractivity contribution in [2.75, 3.05) is 19.6 Å². The molecule has 0 aromatic heterocycles. The van der Waals surface area contributed by atoms with E-state index >= 15 is 0 Å². The lowest BCUT2D eigenvalue weighted by Gasteiger charge is -2.27. The van der Waals surface area contributed by atoms with E-state index in [1.807, 2.05) is 6.07 Å². The van der Waals surface area contributed by atoms with Crippen molar-refractivity contribution in [1.29, 1.82) is 0 Å². The lowest BCUT2D eigenvalue weighted by atomic mass is 10.0. The molecule has 1 aliphatic rings. The topological polar surface area (TPSA) is 61.4 Å². The van der Waals surface area contributed by atoms with E-state index in [9.17, 15) is 9.59 Å². The number of nitrogens with one attached hydrogen (secondary N) is 2. The van der Waals surface area contributed by atoms with Crippen LogP contribution in [0, 0.1) is 0 Å². The van der Waals surface area contributed by atoms with Crippen LogP contribution in [0.5, 0.6) is 0 Å². The summed E-state index contributed by atoms with van der Waals surface area (Å²) in [6.45, 7) is 4.26. The van der Waals surface area contributed by atoms with Gasteiger partial charge in [-0.1, -0.05) is 42.3 Å². The number of rotatable bonds is 9. The first kappa shape index (κ1) is 22.3. The second-order valence-corrected chi connectivity index (χ2v) is 8.19. The maximum atomic E-state index is 12.2. The number of hydrogen-bond acceptors (Lipinski definition) is 3. The van der Waals surface area contributed by atoms with Crippen molar-refractivity contribution in [3.8, 4) is 0 Å². The Bertz CT molecular complexity index is 833. The normalized spacial score (nSPS) is 14.3. The van der Waals surface area contributed by atoms with Crippen molar-refractivity contribution in [2.45, 2.75) is 45.2 Å². The Morgan fingerprint density at radius 3 is 2.33 bits per heavy atom. The number of amides is 2. The van der Waals surface area contributed by atoms with Crippen molar-refractivity contribution in [2.24, 2.45) is 0 Å². The first-order valence-corrected chi connectivity index (χ1v) is 11.1. The van der Waals surface area contributed by atoms with E-state index in [-0.39, 0.29) is 11.8 Å². The van der Waals surface area contributed by atoms with Crippen LogP contribution < -0.4 is 10.6 Å². The molecular formula is C24H30ClN3O2. The van der Waals surface area contributed by atoms with Crippen LogP contribution in [0.3, 0.4) is 0 Å². The third-order valence-corrected chi connectivity index (χ3v) is 5.66. The molecule has 0 unspecified atom stereocenters. The average molecular weight is 428 g/mol. The largest absolute Gasteiger partial charge is 0.352 e. The minimum atomic E-state index is -0.154. The fraction of sp³-hybridized carbons (Fsp3) is 0.417. The van der Waals surface area contributed by atoms with Crippen molar-refractivity contribution in [1.82, 2.24) is 15.5 Å². The van der Waals surface area contributed by atoms with E-state index in [2.05, 4.69) is 33.7 Å². The summed E-state index contributed by atoms with van der Waals surface area (Å²) < 4.78 is 0. The Morgan fingerprint density at radius 1 is 0.900 bits per heavy atom. The number of likely N-dealkylation sites (tertiary alicyclic amines) is 1. The highest BCUT2D eigenvalue weighted by Crippen LogP contribution is 2.16. The third-order valence-electron chi connectivity index (χ3n) is 5.41. The highest BCUT2D eigenvalue weighted by atomic mass is 35.5. The van der Waals surface area contributed by atoms with Crippen LogP contribution in [-0.2, 0) is 17.9 Å². The van der Waals surface area contributed by atoms with E-state index in [1.165, 1.54) is 30.4 Å². The Morgan fingerprint density at radius 2 is 1.60 bits per heavy atom. The number of nitrogens with zero attached hydrogens (tertiary/aromatic N) is 1. The quantitative estimate of drug-likeness (QED) is 0.591. The summed E-state index contributed by atoms with van der Waals surface area (Å²) in [4.78, 5) is 26.8. The number of hydrogen-bond donors (Lipinski definition) is 2. The molecule has 2 aromatic rings. The molecule has 0 radical (unpaired) electrons. The maximum Gasteiger partial charge on any atom is 0.251 e. The standard InChI is InChI=1S/C24H30ClN3O2/c25-22-12-10-19(11-13-22)24(30)26-14-6-9-23(29)27-17-20-7-2-3-8-21(20)18-28-15-4-1-5-16-28/h2-3,7-8,10-13H,1,4-6,9,14-18H2,(H,26,30)(H,27,29). The molecule has 1 heterocycles. The zero-order valence-corrected chi connectivity index (χ0v) is 18.1. The van der Waals surface area contributed by atoms with Gasteiger partial charge in [0.1, 0.15) is 0 Å². The van der Waals surface area contributed by atoms with Gasteiger partial charge in [0.15, 0.2) is 0 Å². The Kier molecular flexibility index (Phi) is 8.72. The highest BCUT2D eigenvalue weighted by molar-refractivity contribution is 6.30. The molecule has 1 fully saturated rings. The van der Waals surface area contributed by atoms with Crippen molar-refractivity contribution in [3.63, 3.8) is 0 Å². The van der Waals surface area contributed by atoms with Gasteiger partial charge in [-0.2, -0.15) is 0 Å². The van der Waals surface area contributed by atoms with Crippen molar-refractivity contribution < 1.29 is 9.59 Å². The van der Waals surface area contributed by atoms with Gasteiger partial charge in [-0.3, -0.25) is 14.5 Å². The Hall–Kier alpha value is -2.37. The van der Waals surface area contributed by atoms with Crippen LogP contribution in [-0.4, -0.2) is 36.3 Å². The smallest absolute Gasteiger partial charge is 0.251 e. The van der Waals surface area contributed by atoms with E-state index in [0.29, 0.717) is 36.5 Å². The van der Waals surface area contributed by atoms with Crippen LogP contribution in [0.1, 0.15) is 53.6 Å². The molecule has 160 valence electrons. The molecule has 0 atom stereocenters. The SMILES string of the molecule is O=C(CCCNC(=O)c1ccc(Cl)cc1)NCc1ccccc1CN1CCCCC1. The maximum absolute atomic E-state index is 12.2. The minimum absolute atomic E-state index is 0.00326. The van der Waals surface area contributed by atoms with Crippen LogP contribution >= 0.6 is 11.6 Å². The fourth-order valence-electron chi connectivity index (χ4n) is 3.68. The number of halogens is 1. The van der Waals surface area contributed by atoms with E-state index in [0.717, 1.165) is 19.6 Å². The summed E-state index contributed by atoms with van der Waals surface area (Å²) in [5.41, 5.74) is 3.02. The highest BCUT2D eigenvalue weighted by Gasteiger charge is 2.13. The Labute approximate surface area is 183 Å². The second kappa shape index (κ2) is 11.7. The molecule has 0 saturated carbocycles. The van der Waals surface area contributed by atoms with Crippen molar-refractivity contribution in [3.05, 3.63) is 70.2 Å². The zero-order chi connectivity index (χ0) is 21.2. The summed E-state index contributed by atoms with van der Waals surface area (Å²) in [5, 5.41) is 6.45. The van der Waals surface area contributed by atoms with Gasteiger partial charge in [0, 0.05) is 36.6 Å². The summed E-state index contributed by atoms with van der Waals surface area (Å²) in [6, 6.07) is 15.1. The van der Waals surface area contributed by atoms with Crippen LogP contribution in [0.15, 0.2) is 48.5 Å². The van der Waals surface area contributed by atoms with E-state index in [1.54, 1.807) is 24.3 Å². The lowest BCUT2D eigenvalue weighted by molar-refractivity contribution is -0.121. The predicted octanol–water partition coefficient (Wildman–Crippen LogP) is 4.15. The summed E-state index contributed by atoms with van der Waals surface area (Å²) in [5.74, 6) is -0.151. The number of benzene rings is 2. The first-order valence-electron chi connectivity index (χ1n) is 10.7. The molecule has 0 bridgehead atoms. The Balaban J connectivity index is 1.37. The zero-order valence-electron chi connectivity index (χ0n) is 17.3. The van der Waals surface area contributed by atoms with E-state index in [4.69, 9.17) is 11.6 Å². The van der Waals surface area contributed by atoms with Gasteiger partial charge in [-0.05, 0) is 67.7 Å². The summed E-state index contributed by atoms with van der Waals surface area (Å²) in [7, 11) is 0. The second-order valence-electron chi connectivity index (χ2n) is 7.75. The average Bonchev–Trinajstić information content (AvgIpc) is 2.77. The van der Waals surface area contributed by atoms with E-state index < -0.39 is 0 Å². The van der Waals surface area contributed by atoms with Gasteiger partial charge >= 0.3 is 0 Å². The van der Waals surface area contributed by atoms with Crippen LogP contribution in [0.2, 0.25) is 5.02 Å². The molecule has 6 heteroatoms. The van der Waals surface area contributed by atoms with Crippen LogP contribution in [0.25, 0.3) is 0 Å². The van der Waals surface area contributed by atoms with Crippen molar-refractivity contribution >= 4 is 23.4 Å². The summed E-state index contributed by atoms with van der Waals surface area (Å²) in [6.07, 6.45) is 4.85. The van der Waals surface area contributed by atoms with Gasteiger partial charge in [0.05, 0.1) is 0 Å². The molecule has 1 saturated heterocycles. The van der Waals surface area contributed by atoms with Gasteiger partial charge < -0.3 is 10.6 Å². The van der Waals surface area contributed by atoms with Gasteiger partial charge in [0.2, 0.25) is 5.91 Å². The molecule has 2 N–H and O–H groups in total.